The highest BCUT2D eigenvalue weighted by Gasteiger charge is 2.37. The quantitative estimate of drug-likeness (QED) is 0.262. The summed E-state index contributed by atoms with van der Waals surface area (Å²) in [6.45, 7) is 2.91. The van der Waals surface area contributed by atoms with Gasteiger partial charge in [-0.2, -0.15) is 0 Å². The summed E-state index contributed by atoms with van der Waals surface area (Å²) >= 11 is 13.9. The van der Waals surface area contributed by atoms with Crippen molar-refractivity contribution in [2.24, 2.45) is 14.1 Å². The number of nitrogens with zero attached hydrogens (tertiary/aromatic N) is 4. The summed E-state index contributed by atoms with van der Waals surface area (Å²) in [7, 11) is 4.30. The summed E-state index contributed by atoms with van der Waals surface area (Å²) in [5.74, 6) is -0.267. The molecule has 0 bridgehead atoms. The number of aliphatic hydroxyl groups excluding tert-OH is 1. The number of benzene rings is 2. The lowest BCUT2D eigenvalue weighted by Crippen LogP contribution is -2.46. The summed E-state index contributed by atoms with van der Waals surface area (Å²) in [5.41, 5.74) is 2.72. The van der Waals surface area contributed by atoms with Gasteiger partial charge in [0.1, 0.15) is 5.56 Å². The van der Waals surface area contributed by atoms with Crippen LogP contribution in [0.25, 0.3) is 22.4 Å². The van der Waals surface area contributed by atoms with Crippen molar-refractivity contribution in [3.05, 3.63) is 96.2 Å². The van der Waals surface area contributed by atoms with Crippen LogP contribution in [0.4, 0.5) is 5.69 Å². The van der Waals surface area contributed by atoms with E-state index in [1.165, 1.54) is 20.3 Å². The van der Waals surface area contributed by atoms with Gasteiger partial charge in [0.25, 0.3) is 11.5 Å². The number of pyridine rings is 1. The van der Waals surface area contributed by atoms with E-state index in [-0.39, 0.29) is 34.3 Å². The molecule has 1 aliphatic heterocycles. The molecule has 0 radical (unpaired) electrons. The predicted octanol–water partition coefficient (Wildman–Crippen LogP) is 3.94. The number of halogens is 2. The highest BCUT2D eigenvalue weighted by Crippen LogP contribution is 2.44. The Kier molecular flexibility index (Phi) is 9.67. The van der Waals surface area contributed by atoms with Crippen LogP contribution in [0.3, 0.4) is 0 Å². The number of anilines is 1. The molecular formula is C35H36Cl2N6O6. The molecule has 2 amide bonds. The smallest absolute Gasteiger partial charge is 0.330 e. The van der Waals surface area contributed by atoms with Crippen LogP contribution in [0.2, 0.25) is 10.0 Å². The number of amides is 2. The molecule has 6 rings (SSSR count). The molecule has 256 valence electrons. The number of carbonyl (C=O) groups excluding carboxylic acids is 2. The molecule has 2 aliphatic rings. The van der Waals surface area contributed by atoms with E-state index >= 15 is 0 Å². The minimum atomic E-state index is -0.731. The van der Waals surface area contributed by atoms with Gasteiger partial charge < -0.3 is 29.9 Å². The maximum absolute atomic E-state index is 13.1. The van der Waals surface area contributed by atoms with E-state index < -0.39 is 23.3 Å². The summed E-state index contributed by atoms with van der Waals surface area (Å²) in [6.07, 6.45) is 2.47. The molecule has 3 N–H and O–H groups in total. The number of rotatable bonds is 7. The van der Waals surface area contributed by atoms with Gasteiger partial charge in [-0.15, -0.1) is 0 Å². The first-order chi connectivity index (χ1) is 23.4. The molecule has 1 saturated heterocycles. The van der Waals surface area contributed by atoms with Crippen LogP contribution >= 0.6 is 23.2 Å². The molecule has 1 fully saturated rings. The molecule has 14 heteroatoms. The predicted molar refractivity (Wildman–Crippen MR) is 187 cm³/mol. The van der Waals surface area contributed by atoms with Gasteiger partial charge in [-0.1, -0.05) is 53.5 Å². The first kappa shape index (κ1) is 34.4. The zero-order valence-corrected chi connectivity index (χ0v) is 28.9. The van der Waals surface area contributed by atoms with Crippen LogP contribution in [0.1, 0.15) is 47.3 Å². The van der Waals surface area contributed by atoms with Gasteiger partial charge in [0, 0.05) is 75.0 Å². The van der Waals surface area contributed by atoms with Crippen molar-refractivity contribution in [1.82, 2.24) is 24.3 Å². The van der Waals surface area contributed by atoms with E-state index in [2.05, 4.69) is 10.6 Å². The third-order valence-electron chi connectivity index (χ3n) is 9.29. The second-order valence-corrected chi connectivity index (χ2v) is 13.1. The van der Waals surface area contributed by atoms with Crippen molar-refractivity contribution < 1.29 is 19.4 Å². The number of fused-ring (bicyclic) bond motifs is 1. The van der Waals surface area contributed by atoms with E-state index in [9.17, 15) is 24.3 Å². The third kappa shape index (κ3) is 6.49. The van der Waals surface area contributed by atoms with Crippen LogP contribution < -0.4 is 26.6 Å². The molecule has 3 heterocycles. The van der Waals surface area contributed by atoms with Gasteiger partial charge in [-0.25, -0.2) is 9.78 Å². The highest BCUT2D eigenvalue weighted by molar-refractivity contribution is 6.39. The van der Waals surface area contributed by atoms with Gasteiger partial charge >= 0.3 is 5.69 Å². The molecule has 1 aliphatic carbocycles. The topological polar surface area (TPSA) is 148 Å². The summed E-state index contributed by atoms with van der Waals surface area (Å²) in [4.78, 5) is 56.3. The number of carbonyl (C=O) groups is 2. The average Bonchev–Trinajstić information content (AvgIpc) is 3.40. The van der Waals surface area contributed by atoms with Crippen molar-refractivity contribution in [3.8, 4) is 28.3 Å². The lowest BCUT2D eigenvalue weighted by Gasteiger charge is -2.34. The van der Waals surface area contributed by atoms with Crippen molar-refractivity contribution in [2.45, 2.75) is 44.4 Å². The zero-order chi connectivity index (χ0) is 35.1. The highest BCUT2D eigenvalue weighted by atomic mass is 35.5. The Morgan fingerprint density at radius 1 is 1.00 bits per heavy atom. The monoisotopic (exact) mass is 706 g/mol. The standard InChI is InChI=1S/C35H36Cl2N6O6/c1-18(44)43-13-11-20(12-14-43)38-31-27(45)16-19-15-26(40-33(49-4)28(19)31)23-9-5-7-21(29(23)36)22-8-6-10-25(30(22)37)39-32(46)24-17-41(2)35(48)42(3)34(24)47/h5-10,15,17,20,27,31,38,45H,11-14,16H2,1-4H3,(H,39,46)/t27-,31+/m1/s1. The molecule has 2 atom stereocenters. The largest absolute Gasteiger partial charge is 0.481 e. The van der Waals surface area contributed by atoms with Gasteiger partial charge in [0.2, 0.25) is 11.8 Å². The Bertz CT molecular complexity index is 2090. The Labute approximate surface area is 292 Å². The molecule has 0 unspecified atom stereocenters. The number of methoxy groups -OCH3 is 1. The summed E-state index contributed by atoms with van der Waals surface area (Å²) < 4.78 is 7.78. The maximum atomic E-state index is 13.1. The molecule has 2 aromatic carbocycles. The van der Waals surface area contributed by atoms with Gasteiger partial charge in [-0.3, -0.25) is 19.0 Å². The van der Waals surface area contributed by atoms with E-state index in [1.807, 2.05) is 23.1 Å². The number of ether oxygens (including phenoxy) is 1. The van der Waals surface area contributed by atoms with Crippen molar-refractivity contribution in [1.29, 1.82) is 0 Å². The lowest BCUT2D eigenvalue weighted by molar-refractivity contribution is -0.129. The number of aromatic nitrogens is 3. The molecule has 0 saturated carbocycles. The fraction of sp³-hybridized carbons (Fsp3) is 0.343. The SMILES string of the molecule is COc1nc(-c2cccc(-c3cccc(NC(=O)c4cn(C)c(=O)n(C)c4=O)c3Cl)c2Cl)cc2c1[C@@H](NC1CCN(C(C)=O)CC1)[C@H](O)C2. The zero-order valence-electron chi connectivity index (χ0n) is 27.4. The Morgan fingerprint density at radius 2 is 1.65 bits per heavy atom. The second kappa shape index (κ2) is 13.8. The number of likely N-dealkylation sites (tertiary alicyclic amines) is 1. The fourth-order valence-electron chi connectivity index (χ4n) is 6.65. The first-order valence-electron chi connectivity index (χ1n) is 15.8. The Hall–Kier alpha value is -4.49. The third-order valence-corrected chi connectivity index (χ3v) is 10.1. The number of piperidine rings is 1. The molecule has 4 aromatic rings. The van der Waals surface area contributed by atoms with E-state index in [0.29, 0.717) is 52.8 Å². The number of hydrogen-bond acceptors (Lipinski definition) is 8. The number of nitrogens with one attached hydrogen (secondary N) is 2. The van der Waals surface area contributed by atoms with Crippen LogP contribution in [0.5, 0.6) is 5.88 Å². The number of aliphatic hydroxyl groups is 1. The molecule has 0 spiro atoms. The average molecular weight is 708 g/mol. The molecule has 2 aromatic heterocycles. The van der Waals surface area contributed by atoms with Gasteiger partial charge in [0.05, 0.1) is 40.7 Å². The number of aryl methyl sites for hydroxylation is 1. The minimum absolute atomic E-state index is 0.0684. The van der Waals surface area contributed by atoms with Gasteiger partial charge in [-0.05, 0) is 30.5 Å². The van der Waals surface area contributed by atoms with E-state index in [1.54, 1.807) is 38.3 Å². The Morgan fingerprint density at radius 3 is 2.33 bits per heavy atom. The lowest BCUT2D eigenvalue weighted by atomic mass is 9.98. The molecule has 49 heavy (non-hydrogen) atoms. The normalized spacial score (nSPS) is 17.6. The number of hydrogen-bond donors (Lipinski definition) is 3. The van der Waals surface area contributed by atoms with Crippen LogP contribution in [-0.4, -0.2) is 68.3 Å². The van der Waals surface area contributed by atoms with Crippen LogP contribution in [0.15, 0.2) is 58.3 Å². The summed E-state index contributed by atoms with van der Waals surface area (Å²) in [6, 6.07) is 12.2. The van der Waals surface area contributed by atoms with Crippen molar-refractivity contribution in [3.63, 3.8) is 0 Å². The first-order valence-corrected chi connectivity index (χ1v) is 16.6. The van der Waals surface area contributed by atoms with E-state index in [0.717, 1.165) is 33.1 Å². The second-order valence-electron chi connectivity index (χ2n) is 12.4. The van der Waals surface area contributed by atoms with Crippen molar-refractivity contribution in [2.75, 3.05) is 25.5 Å². The Balaban J connectivity index is 1.29. The van der Waals surface area contributed by atoms with Crippen LogP contribution in [-0.2, 0) is 25.3 Å². The fourth-order valence-corrected chi connectivity index (χ4v) is 7.25. The minimum Gasteiger partial charge on any atom is -0.481 e. The van der Waals surface area contributed by atoms with Crippen molar-refractivity contribution >= 4 is 40.7 Å². The van der Waals surface area contributed by atoms with Gasteiger partial charge in [0.15, 0.2) is 0 Å². The summed E-state index contributed by atoms with van der Waals surface area (Å²) in [5, 5.41) is 18.0. The molecular weight excluding hydrogens is 671 g/mol. The van der Waals surface area contributed by atoms with Crippen LogP contribution in [0, 0.1) is 0 Å². The van der Waals surface area contributed by atoms with E-state index in [4.69, 9.17) is 32.9 Å². The maximum Gasteiger partial charge on any atom is 0.330 e. The molecule has 12 nitrogen and oxygen atoms in total.